The number of nitrogens with one attached hydrogen (secondary N) is 1. The van der Waals surface area contributed by atoms with E-state index in [1.165, 1.54) is 0 Å². The SMILES string of the molecule is CCN(CC(C)C#N)c1cncc(NC)n1. The second-order valence-electron chi connectivity index (χ2n) is 3.58. The molecule has 86 valence electrons. The first-order chi connectivity index (χ1) is 7.71. The van der Waals surface area contributed by atoms with E-state index in [1.54, 1.807) is 12.4 Å². The summed E-state index contributed by atoms with van der Waals surface area (Å²) in [6, 6.07) is 2.22. The highest BCUT2D eigenvalue weighted by Gasteiger charge is 2.10. The highest BCUT2D eigenvalue weighted by Crippen LogP contribution is 2.13. The van der Waals surface area contributed by atoms with Gasteiger partial charge in [-0.25, -0.2) is 4.98 Å². The van der Waals surface area contributed by atoms with Gasteiger partial charge in [0, 0.05) is 20.1 Å². The molecule has 0 aromatic carbocycles. The van der Waals surface area contributed by atoms with Crippen molar-refractivity contribution < 1.29 is 0 Å². The molecule has 16 heavy (non-hydrogen) atoms. The zero-order chi connectivity index (χ0) is 12.0. The molecular formula is C11H17N5. The van der Waals surface area contributed by atoms with Gasteiger partial charge in [0.15, 0.2) is 0 Å². The van der Waals surface area contributed by atoms with Crippen LogP contribution in [0.5, 0.6) is 0 Å². The lowest BCUT2D eigenvalue weighted by Gasteiger charge is -2.22. The second kappa shape index (κ2) is 5.91. The highest BCUT2D eigenvalue weighted by atomic mass is 15.2. The molecular weight excluding hydrogens is 202 g/mol. The van der Waals surface area contributed by atoms with Crippen molar-refractivity contribution in [2.75, 3.05) is 30.4 Å². The number of nitriles is 1. The van der Waals surface area contributed by atoms with E-state index >= 15 is 0 Å². The normalized spacial score (nSPS) is 11.6. The van der Waals surface area contributed by atoms with E-state index in [-0.39, 0.29) is 5.92 Å². The summed E-state index contributed by atoms with van der Waals surface area (Å²) in [5.74, 6) is 1.53. The zero-order valence-corrected chi connectivity index (χ0v) is 9.94. The van der Waals surface area contributed by atoms with Crippen molar-refractivity contribution in [2.24, 2.45) is 5.92 Å². The minimum atomic E-state index is -0.0139. The van der Waals surface area contributed by atoms with Crippen LogP contribution < -0.4 is 10.2 Å². The topological polar surface area (TPSA) is 64.8 Å². The van der Waals surface area contributed by atoms with E-state index in [1.807, 2.05) is 25.8 Å². The van der Waals surface area contributed by atoms with Crippen LogP contribution >= 0.6 is 0 Å². The molecule has 0 fully saturated rings. The molecule has 5 heteroatoms. The fourth-order valence-corrected chi connectivity index (χ4v) is 1.38. The quantitative estimate of drug-likeness (QED) is 0.813. The Bertz CT molecular complexity index is 371. The van der Waals surface area contributed by atoms with Crippen LogP contribution in [-0.4, -0.2) is 30.1 Å². The third kappa shape index (κ3) is 3.09. The Kier molecular flexibility index (Phi) is 4.52. The van der Waals surface area contributed by atoms with Crippen molar-refractivity contribution in [3.8, 4) is 6.07 Å². The first-order valence-electron chi connectivity index (χ1n) is 5.35. The predicted molar refractivity (Wildman–Crippen MR) is 64.2 cm³/mol. The highest BCUT2D eigenvalue weighted by molar-refractivity contribution is 5.43. The Morgan fingerprint density at radius 2 is 2.31 bits per heavy atom. The average Bonchev–Trinajstić information content (AvgIpc) is 2.35. The number of rotatable bonds is 5. The zero-order valence-electron chi connectivity index (χ0n) is 9.94. The summed E-state index contributed by atoms with van der Waals surface area (Å²) >= 11 is 0. The molecule has 5 nitrogen and oxygen atoms in total. The summed E-state index contributed by atoms with van der Waals surface area (Å²) in [6.45, 7) is 5.43. The minimum Gasteiger partial charge on any atom is -0.372 e. The van der Waals surface area contributed by atoms with Crippen molar-refractivity contribution >= 4 is 11.6 Å². The Labute approximate surface area is 96.1 Å². The van der Waals surface area contributed by atoms with Gasteiger partial charge >= 0.3 is 0 Å². The molecule has 0 radical (unpaired) electrons. The van der Waals surface area contributed by atoms with Crippen LogP contribution in [0.25, 0.3) is 0 Å². The van der Waals surface area contributed by atoms with Crippen LogP contribution in [0.1, 0.15) is 13.8 Å². The average molecular weight is 219 g/mol. The van der Waals surface area contributed by atoms with Gasteiger partial charge in [0.1, 0.15) is 11.6 Å². The van der Waals surface area contributed by atoms with Crippen LogP contribution in [0.3, 0.4) is 0 Å². The first kappa shape index (κ1) is 12.2. The van der Waals surface area contributed by atoms with Gasteiger partial charge in [0.25, 0.3) is 0 Å². The maximum absolute atomic E-state index is 8.80. The lowest BCUT2D eigenvalue weighted by molar-refractivity contribution is 0.678. The molecule has 0 aliphatic rings. The summed E-state index contributed by atoms with van der Waals surface area (Å²) in [7, 11) is 1.81. The molecule has 1 atom stereocenters. The summed E-state index contributed by atoms with van der Waals surface area (Å²) in [4.78, 5) is 10.5. The van der Waals surface area contributed by atoms with Gasteiger partial charge < -0.3 is 10.2 Å². The third-order valence-electron chi connectivity index (χ3n) is 2.30. The first-order valence-corrected chi connectivity index (χ1v) is 5.35. The van der Waals surface area contributed by atoms with Gasteiger partial charge in [-0.05, 0) is 13.8 Å². The molecule has 0 spiro atoms. The Hall–Kier alpha value is -1.83. The molecule has 1 aromatic rings. The number of hydrogen-bond acceptors (Lipinski definition) is 5. The van der Waals surface area contributed by atoms with Gasteiger partial charge in [-0.2, -0.15) is 5.26 Å². The van der Waals surface area contributed by atoms with Gasteiger partial charge in [-0.1, -0.05) is 0 Å². The molecule has 0 aliphatic carbocycles. The maximum atomic E-state index is 8.80. The molecule has 0 saturated carbocycles. The monoisotopic (exact) mass is 219 g/mol. The molecule has 0 bridgehead atoms. The number of hydrogen-bond donors (Lipinski definition) is 1. The maximum Gasteiger partial charge on any atom is 0.149 e. The van der Waals surface area contributed by atoms with Crippen molar-refractivity contribution in [3.05, 3.63) is 12.4 Å². The van der Waals surface area contributed by atoms with E-state index in [9.17, 15) is 0 Å². The summed E-state index contributed by atoms with van der Waals surface area (Å²) < 4.78 is 0. The molecule has 0 amide bonds. The second-order valence-corrected chi connectivity index (χ2v) is 3.58. The molecule has 1 aromatic heterocycles. The van der Waals surface area contributed by atoms with Crippen LogP contribution in [0.15, 0.2) is 12.4 Å². The molecule has 0 aliphatic heterocycles. The summed E-state index contributed by atoms with van der Waals surface area (Å²) in [5, 5.41) is 11.8. The van der Waals surface area contributed by atoms with Crippen LogP contribution in [0.2, 0.25) is 0 Å². The molecule has 1 N–H and O–H groups in total. The molecule has 1 rings (SSSR count). The molecule has 1 unspecified atom stereocenters. The van der Waals surface area contributed by atoms with E-state index < -0.39 is 0 Å². The smallest absolute Gasteiger partial charge is 0.149 e. The largest absolute Gasteiger partial charge is 0.372 e. The van der Waals surface area contributed by atoms with Crippen molar-refractivity contribution in [3.63, 3.8) is 0 Å². The predicted octanol–water partition coefficient (Wildman–Crippen LogP) is 1.50. The van der Waals surface area contributed by atoms with Crippen LogP contribution in [0.4, 0.5) is 11.6 Å². The Morgan fingerprint density at radius 3 is 2.88 bits per heavy atom. The van der Waals surface area contributed by atoms with E-state index in [0.29, 0.717) is 6.54 Å². The van der Waals surface area contributed by atoms with Gasteiger partial charge in [0.05, 0.1) is 24.4 Å². The van der Waals surface area contributed by atoms with Gasteiger partial charge in [-0.3, -0.25) is 4.98 Å². The molecule has 0 saturated heterocycles. The number of anilines is 2. The summed E-state index contributed by atoms with van der Waals surface area (Å²) in [5.41, 5.74) is 0. The lowest BCUT2D eigenvalue weighted by Crippen LogP contribution is -2.28. The van der Waals surface area contributed by atoms with E-state index in [2.05, 4.69) is 21.4 Å². The summed E-state index contributed by atoms with van der Waals surface area (Å²) in [6.07, 6.45) is 3.39. The van der Waals surface area contributed by atoms with E-state index in [4.69, 9.17) is 5.26 Å². The standard InChI is InChI=1S/C11H17N5/c1-4-16(8-9(2)5-12)11-7-14-6-10(13-3)15-11/h6-7,9H,4,8H2,1-3H3,(H,13,15). The van der Waals surface area contributed by atoms with Gasteiger partial charge in [0.2, 0.25) is 0 Å². The van der Waals surface area contributed by atoms with Gasteiger partial charge in [-0.15, -0.1) is 0 Å². The fraction of sp³-hybridized carbons (Fsp3) is 0.545. The van der Waals surface area contributed by atoms with Crippen LogP contribution in [-0.2, 0) is 0 Å². The Morgan fingerprint density at radius 1 is 1.56 bits per heavy atom. The fourth-order valence-electron chi connectivity index (χ4n) is 1.38. The minimum absolute atomic E-state index is 0.0139. The number of aromatic nitrogens is 2. The number of nitrogens with zero attached hydrogens (tertiary/aromatic N) is 4. The van der Waals surface area contributed by atoms with Crippen molar-refractivity contribution in [1.82, 2.24) is 9.97 Å². The van der Waals surface area contributed by atoms with E-state index in [0.717, 1.165) is 18.2 Å². The Balaban J connectivity index is 2.82. The van der Waals surface area contributed by atoms with Crippen molar-refractivity contribution in [2.45, 2.75) is 13.8 Å². The lowest BCUT2D eigenvalue weighted by atomic mass is 10.2. The third-order valence-corrected chi connectivity index (χ3v) is 2.30. The van der Waals surface area contributed by atoms with Crippen LogP contribution in [0, 0.1) is 17.2 Å². The molecule has 1 heterocycles. The van der Waals surface area contributed by atoms with Crippen molar-refractivity contribution in [1.29, 1.82) is 5.26 Å².